The lowest BCUT2D eigenvalue weighted by Gasteiger charge is -2.23. The van der Waals surface area contributed by atoms with Crippen molar-refractivity contribution in [3.05, 3.63) is 65.9 Å². The van der Waals surface area contributed by atoms with E-state index in [1.165, 1.54) is 0 Å². The molecule has 0 bridgehead atoms. The van der Waals surface area contributed by atoms with Gasteiger partial charge >= 0.3 is 7.12 Å². The zero-order valence-corrected chi connectivity index (χ0v) is 20.1. The van der Waals surface area contributed by atoms with Crippen LogP contribution in [0.2, 0.25) is 0 Å². The zero-order valence-electron chi connectivity index (χ0n) is 20.1. The van der Waals surface area contributed by atoms with Gasteiger partial charge in [0.15, 0.2) is 0 Å². The van der Waals surface area contributed by atoms with Crippen LogP contribution in [0.1, 0.15) is 38.3 Å². The number of carbonyl (C=O) groups excluding carboxylic acids is 3. The number of fused-ring (bicyclic) bond motifs is 1. The van der Waals surface area contributed by atoms with E-state index in [0.29, 0.717) is 11.0 Å². The van der Waals surface area contributed by atoms with E-state index in [1.807, 2.05) is 45.0 Å². The Balaban J connectivity index is 1.69. The molecule has 0 aliphatic heterocycles. The molecule has 6 N–H and O–H groups in total. The van der Waals surface area contributed by atoms with Crippen LogP contribution in [0.3, 0.4) is 0 Å². The first kappa shape index (κ1) is 26.0. The summed E-state index contributed by atoms with van der Waals surface area (Å²) in [5.41, 5.74) is 2.15. The summed E-state index contributed by atoms with van der Waals surface area (Å²) in [7, 11) is -1.62. The number of para-hydroxylation sites is 1. The van der Waals surface area contributed by atoms with E-state index < -0.39 is 24.6 Å². The molecule has 0 aliphatic carbocycles. The van der Waals surface area contributed by atoms with Crippen LogP contribution in [0.5, 0.6) is 0 Å². The minimum Gasteiger partial charge on any atom is -0.423 e. The van der Waals surface area contributed by atoms with Crippen LogP contribution in [0, 0.1) is 0 Å². The number of H-pyrrole nitrogens is 1. The van der Waals surface area contributed by atoms with Crippen LogP contribution >= 0.6 is 0 Å². The molecule has 0 saturated carbocycles. The van der Waals surface area contributed by atoms with Crippen molar-refractivity contribution in [3.8, 4) is 0 Å². The molecule has 0 spiro atoms. The molecule has 1 aromatic heterocycles. The molecule has 1 atom stereocenters. The van der Waals surface area contributed by atoms with Crippen LogP contribution in [0.15, 0.2) is 54.7 Å². The lowest BCUT2D eigenvalue weighted by molar-refractivity contribution is -0.132. The SMILES string of the molecule is CC(C)(C)NC(=O)C[C@H](NC(=O)Cc1c[nH]c2ccccc12)C(=O)NCc1cccc(B(O)O)c1. The quantitative estimate of drug-likeness (QED) is 0.248. The Morgan fingerprint density at radius 1 is 1.03 bits per heavy atom. The highest BCUT2D eigenvalue weighted by atomic mass is 16.4. The standard InChI is InChI=1S/C25H31BN4O5/c1-25(2,3)30-23(32)13-21(24(33)28-14-16-7-6-8-18(11-16)26(34)35)29-22(31)12-17-15-27-20-10-5-4-9-19(17)20/h4-11,15,21,27,34-35H,12-14H2,1-3H3,(H,28,33)(H,29,31)(H,30,32)/t21-/m0/s1. The van der Waals surface area contributed by atoms with E-state index >= 15 is 0 Å². The van der Waals surface area contributed by atoms with Crippen LogP contribution in [0.4, 0.5) is 0 Å². The molecular weight excluding hydrogens is 447 g/mol. The maximum absolute atomic E-state index is 13.0. The summed E-state index contributed by atoms with van der Waals surface area (Å²) in [6.07, 6.45) is 1.58. The minimum absolute atomic E-state index is 0.0467. The Bertz CT molecular complexity index is 1200. The van der Waals surface area contributed by atoms with Gasteiger partial charge in [-0.25, -0.2) is 0 Å². The molecule has 3 amide bonds. The molecular formula is C25H31BN4O5. The van der Waals surface area contributed by atoms with Crippen LogP contribution in [-0.2, 0) is 27.3 Å². The number of nitrogens with one attached hydrogen (secondary N) is 4. The highest BCUT2D eigenvalue weighted by Gasteiger charge is 2.26. The molecule has 1 heterocycles. The van der Waals surface area contributed by atoms with Gasteiger partial charge in [0.25, 0.3) is 0 Å². The highest BCUT2D eigenvalue weighted by Crippen LogP contribution is 2.18. The van der Waals surface area contributed by atoms with Gasteiger partial charge < -0.3 is 31.0 Å². The van der Waals surface area contributed by atoms with E-state index in [9.17, 15) is 24.4 Å². The monoisotopic (exact) mass is 478 g/mol. The largest absolute Gasteiger partial charge is 0.488 e. The van der Waals surface area contributed by atoms with Gasteiger partial charge in [0.05, 0.1) is 12.8 Å². The van der Waals surface area contributed by atoms with Crippen molar-refractivity contribution in [1.29, 1.82) is 0 Å². The van der Waals surface area contributed by atoms with Crippen molar-refractivity contribution in [2.45, 2.75) is 51.7 Å². The summed E-state index contributed by atoms with van der Waals surface area (Å²) in [5.74, 6) is -1.27. The number of aromatic nitrogens is 1. The second-order valence-electron chi connectivity index (χ2n) is 9.50. The van der Waals surface area contributed by atoms with Gasteiger partial charge in [-0.1, -0.05) is 42.5 Å². The van der Waals surface area contributed by atoms with Gasteiger partial charge in [-0.05, 0) is 43.4 Å². The fourth-order valence-corrected chi connectivity index (χ4v) is 3.74. The number of hydrogen-bond donors (Lipinski definition) is 6. The Labute approximate surface area is 204 Å². The summed E-state index contributed by atoms with van der Waals surface area (Å²) < 4.78 is 0. The smallest absolute Gasteiger partial charge is 0.423 e. The number of rotatable bonds is 9. The van der Waals surface area contributed by atoms with Crippen molar-refractivity contribution in [1.82, 2.24) is 20.9 Å². The Kier molecular flexibility index (Phi) is 8.32. The normalized spacial score (nSPS) is 12.1. The van der Waals surface area contributed by atoms with Gasteiger partial charge in [0.1, 0.15) is 6.04 Å². The van der Waals surface area contributed by atoms with E-state index in [-0.39, 0.29) is 31.2 Å². The van der Waals surface area contributed by atoms with Gasteiger partial charge in [0.2, 0.25) is 17.7 Å². The second kappa shape index (κ2) is 11.2. The van der Waals surface area contributed by atoms with Crippen LogP contribution in [0.25, 0.3) is 10.9 Å². The summed E-state index contributed by atoms with van der Waals surface area (Å²) in [4.78, 5) is 41.5. The summed E-state index contributed by atoms with van der Waals surface area (Å²) >= 11 is 0. The van der Waals surface area contributed by atoms with Crippen molar-refractivity contribution in [2.75, 3.05) is 0 Å². The van der Waals surface area contributed by atoms with Crippen LogP contribution < -0.4 is 21.4 Å². The number of benzene rings is 2. The molecule has 3 rings (SSSR count). The molecule has 0 aliphatic rings. The number of carbonyl (C=O) groups is 3. The lowest BCUT2D eigenvalue weighted by atomic mass is 9.79. The average molecular weight is 478 g/mol. The fraction of sp³-hybridized carbons (Fsp3) is 0.320. The molecule has 0 fully saturated rings. The zero-order chi connectivity index (χ0) is 25.6. The lowest BCUT2D eigenvalue weighted by Crippen LogP contribution is -2.51. The van der Waals surface area contributed by atoms with Gasteiger partial charge in [-0.15, -0.1) is 0 Å². The Hall–Kier alpha value is -3.63. The van der Waals surface area contributed by atoms with E-state index in [0.717, 1.165) is 16.5 Å². The fourth-order valence-electron chi connectivity index (χ4n) is 3.74. The minimum atomic E-state index is -1.62. The first-order valence-electron chi connectivity index (χ1n) is 11.4. The maximum Gasteiger partial charge on any atom is 0.488 e. The topological polar surface area (TPSA) is 144 Å². The maximum atomic E-state index is 13.0. The van der Waals surface area contributed by atoms with Gasteiger partial charge in [-0.3, -0.25) is 14.4 Å². The first-order valence-corrected chi connectivity index (χ1v) is 11.4. The third-order valence-corrected chi connectivity index (χ3v) is 5.30. The Morgan fingerprint density at radius 2 is 1.77 bits per heavy atom. The van der Waals surface area contributed by atoms with E-state index in [4.69, 9.17) is 0 Å². The van der Waals surface area contributed by atoms with E-state index in [1.54, 1.807) is 30.5 Å². The average Bonchev–Trinajstić information content (AvgIpc) is 3.18. The molecule has 0 radical (unpaired) electrons. The molecule has 0 unspecified atom stereocenters. The highest BCUT2D eigenvalue weighted by molar-refractivity contribution is 6.58. The summed E-state index contributed by atoms with van der Waals surface area (Å²) in [5, 5.41) is 27.8. The molecule has 10 heteroatoms. The summed E-state index contributed by atoms with van der Waals surface area (Å²) in [6, 6.07) is 13.0. The second-order valence-corrected chi connectivity index (χ2v) is 9.50. The van der Waals surface area contributed by atoms with Gasteiger partial charge in [0, 0.05) is 29.2 Å². The van der Waals surface area contributed by atoms with Crippen molar-refractivity contribution < 1.29 is 24.4 Å². The predicted octanol–water partition coefficient (Wildman–Crippen LogP) is 0.496. The first-order chi connectivity index (χ1) is 16.5. The van der Waals surface area contributed by atoms with Crippen LogP contribution in [-0.4, -0.2) is 51.5 Å². The molecule has 2 aromatic carbocycles. The van der Waals surface area contributed by atoms with Gasteiger partial charge in [-0.2, -0.15) is 0 Å². The number of amides is 3. The molecule has 35 heavy (non-hydrogen) atoms. The van der Waals surface area contributed by atoms with E-state index in [2.05, 4.69) is 20.9 Å². The summed E-state index contributed by atoms with van der Waals surface area (Å²) in [6.45, 7) is 5.59. The molecule has 3 aromatic rings. The number of aromatic amines is 1. The molecule has 9 nitrogen and oxygen atoms in total. The van der Waals surface area contributed by atoms with Crippen molar-refractivity contribution in [3.63, 3.8) is 0 Å². The molecule has 184 valence electrons. The van der Waals surface area contributed by atoms with Crippen molar-refractivity contribution in [2.24, 2.45) is 0 Å². The third kappa shape index (κ3) is 7.70. The third-order valence-electron chi connectivity index (χ3n) is 5.30. The number of hydrogen-bond acceptors (Lipinski definition) is 5. The Morgan fingerprint density at radius 3 is 2.49 bits per heavy atom. The predicted molar refractivity (Wildman–Crippen MR) is 135 cm³/mol. The molecule has 0 saturated heterocycles. The van der Waals surface area contributed by atoms with Crippen molar-refractivity contribution >= 4 is 41.2 Å².